The zero-order chi connectivity index (χ0) is 31.5. The molecule has 1 spiro atoms. The van der Waals surface area contributed by atoms with Crippen molar-refractivity contribution >= 4 is 49.7 Å². The van der Waals surface area contributed by atoms with Crippen LogP contribution in [0.5, 0.6) is 5.75 Å². The van der Waals surface area contributed by atoms with Crippen LogP contribution in [0.1, 0.15) is 59.8 Å². The van der Waals surface area contributed by atoms with Crippen molar-refractivity contribution in [2.24, 2.45) is 5.41 Å². The average molecular weight is 656 g/mol. The molecule has 4 aromatic rings. The van der Waals surface area contributed by atoms with Crippen molar-refractivity contribution in [2.75, 3.05) is 24.2 Å². The summed E-state index contributed by atoms with van der Waals surface area (Å²) in [6.07, 6.45) is 9.66. The molecule has 10 nitrogen and oxygen atoms in total. The van der Waals surface area contributed by atoms with Gasteiger partial charge in [-0.3, -0.25) is 9.78 Å². The van der Waals surface area contributed by atoms with Gasteiger partial charge in [-0.25, -0.2) is 18.1 Å². The van der Waals surface area contributed by atoms with Gasteiger partial charge in [-0.1, -0.05) is 22.8 Å². The Labute approximate surface area is 262 Å². The number of hydrogen-bond donors (Lipinski definition) is 1. The molecule has 1 saturated heterocycles. The molecule has 2 aliphatic carbocycles. The number of sulfonamides is 1. The molecule has 1 aliphatic heterocycles. The second-order valence-electron chi connectivity index (χ2n) is 11.9. The summed E-state index contributed by atoms with van der Waals surface area (Å²) in [5, 5.41) is 5.21. The molecule has 7 rings (SSSR count). The molecule has 4 heterocycles. The van der Waals surface area contributed by atoms with Crippen molar-refractivity contribution in [3.05, 3.63) is 70.7 Å². The van der Waals surface area contributed by atoms with Crippen molar-refractivity contribution in [3.8, 4) is 17.1 Å². The Hall–Kier alpha value is -4.10. The minimum atomic E-state index is -3.88. The third-order valence-electron chi connectivity index (χ3n) is 8.60. The number of pyridine rings is 2. The maximum absolute atomic E-state index is 13.3. The third-order valence-corrected chi connectivity index (χ3v) is 9.46. The second-order valence-corrected chi connectivity index (χ2v) is 14.0. The summed E-state index contributed by atoms with van der Waals surface area (Å²) in [4.78, 5) is 23.2. The number of hydrogen-bond acceptors (Lipinski definition) is 9. The Bertz CT molecular complexity index is 1970. The van der Waals surface area contributed by atoms with Crippen LogP contribution >= 0.6 is 11.6 Å². The van der Waals surface area contributed by atoms with Gasteiger partial charge in [-0.2, -0.15) is 8.78 Å². The molecule has 0 atom stereocenters. The molecule has 1 aromatic carbocycles. The fourth-order valence-electron chi connectivity index (χ4n) is 6.28. The van der Waals surface area contributed by atoms with E-state index in [4.69, 9.17) is 20.9 Å². The van der Waals surface area contributed by atoms with E-state index < -0.39 is 22.5 Å². The number of halogens is 3. The van der Waals surface area contributed by atoms with Crippen LogP contribution in [0.4, 0.5) is 14.5 Å². The normalized spacial score (nSPS) is 17.8. The second kappa shape index (κ2) is 11.1. The highest BCUT2D eigenvalue weighted by Gasteiger charge is 2.44. The summed E-state index contributed by atoms with van der Waals surface area (Å²) in [5.41, 5.74) is 4.22. The first-order valence-corrected chi connectivity index (χ1v) is 16.7. The molecular formula is C31H28ClF2N5O5S. The van der Waals surface area contributed by atoms with Crippen LogP contribution in [0, 0.1) is 5.41 Å². The molecule has 45 heavy (non-hydrogen) atoms. The van der Waals surface area contributed by atoms with Gasteiger partial charge in [0.2, 0.25) is 10.0 Å². The summed E-state index contributed by atoms with van der Waals surface area (Å²) in [6, 6.07) is 9.74. The summed E-state index contributed by atoms with van der Waals surface area (Å²) >= 11 is 6.48. The smallest absolute Gasteiger partial charge is 0.387 e. The van der Waals surface area contributed by atoms with E-state index in [1.54, 1.807) is 35.2 Å². The van der Waals surface area contributed by atoms with Gasteiger partial charge in [0.25, 0.3) is 5.91 Å². The van der Waals surface area contributed by atoms with Crippen molar-refractivity contribution in [2.45, 2.75) is 44.6 Å². The fourth-order valence-corrected chi connectivity index (χ4v) is 6.93. The lowest BCUT2D eigenvalue weighted by atomic mass is 9.63. The van der Waals surface area contributed by atoms with Gasteiger partial charge in [0, 0.05) is 42.3 Å². The fraction of sp³-hybridized carbons (Fsp3) is 0.355. The van der Waals surface area contributed by atoms with Gasteiger partial charge in [-0.05, 0) is 73.4 Å². The van der Waals surface area contributed by atoms with Crippen LogP contribution in [0.25, 0.3) is 27.9 Å². The summed E-state index contributed by atoms with van der Waals surface area (Å²) in [6.45, 7) is -1.68. The lowest BCUT2D eigenvalue weighted by molar-refractivity contribution is -0.0488. The minimum Gasteiger partial charge on any atom is -0.434 e. The first kappa shape index (κ1) is 29.6. The van der Waals surface area contributed by atoms with Crippen molar-refractivity contribution in [1.29, 1.82) is 0 Å². The van der Waals surface area contributed by atoms with E-state index in [1.165, 1.54) is 5.57 Å². The number of fused-ring (bicyclic) bond motifs is 1. The number of nitrogens with one attached hydrogen (secondary N) is 1. The molecule has 0 bridgehead atoms. The molecule has 2 fully saturated rings. The number of amides is 1. The zero-order valence-corrected chi connectivity index (χ0v) is 25.7. The summed E-state index contributed by atoms with van der Waals surface area (Å²) in [7, 11) is -3.88. The minimum absolute atomic E-state index is 0.0271. The number of aromatic nitrogens is 3. The van der Waals surface area contributed by atoms with Crippen LogP contribution < -0.4 is 14.4 Å². The molecule has 234 valence electrons. The highest BCUT2D eigenvalue weighted by Crippen LogP contribution is 2.56. The summed E-state index contributed by atoms with van der Waals surface area (Å²) in [5.74, 6) is -0.0228. The highest BCUT2D eigenvalue weighted by molar-refractivity contribution is 7.89. The van der Waals surface area contributed by atoms with Crippen molar-refractivity contribution < 1.29 is 31.3 Å². The Morgan fingerprint density at radius 3 is 2.60 bits per heavy atom. The maximum Gasteiger partial charge on any atom is 0.387 e. The van der Waals surface area contributed by atoms with E-state index in [9.17, 15) is 22.0 Å². The molecule has 0 radical (unpaired) electrons. The molecule has 3 aromatic heterocycles. The number of carbonyl (C=O) groups excluding carboxylic acids is 1. The largest absolute Gasteiger partial charge is 0.434 e. The molecule has 14 heteroatoms. The number of ether oxygens (including phenoxy) is 1. The van der Waals surface area contributed by atoms with E-state index in [2.05, 4.69) is 26.1 Å². The van der Waals surface area contributed by atoms with Gasteiger partial charge in [-0.15, -0.1) is 0 Å². The number of allylic oxidation sites excluding steroid dienone is 2. The molecule has 3 aliphatic rings. The number of carbonyl (C=O) groups is 1. The number of piperidine rings is 1. The zero-order valence-electron chi connectivity index (χ0n) is 24.1. The van der Waals surface area contributed by atoms with Gasteiger partial charge in [0.1, 0.15) is 28.6 Å². The lowest BCUT2D eigenvalue weighted by Gasteiger charge is -2.47. The van der Waals surface area contributed by atoms with E-state index in [1.807, 2.05) is 6.07 Å². The number of alkyl halides is 2. The maximum atomic E-state index is 13.3. The lowest BCUT2D eigenvalue weighted by Crippen LogP contribution is -2.42. The van der Waals surface area contributed by atoms with Gasteiger partial charge in [0.05, 0.1) is 22.4 Å². The van der Waals surface area contributed by atoms with Crippen LogP contribution in [0.3, 0.4) is 0 Å². The Kier molecular flexibility index (Phi) is 7.27. The molecule has 0 unspecified atom stereocenters. The number of benzene rings is 1. The molecule has 1 N–H and O–H groups in total. The van der Waals surface area contributed by atoms with Crippen molar-refractivity contribution in [3.63, 3.8) is 0 Å². The highest BCUT2D eigenvalue weighted by atomic mass is 35.5. The Morgan fingerprint density at radius 1 is 1.18 bits per heavy atom. The van der Waals surface area contributed by atoms with E-state index >= 15 is 0 Å². The first-order chi connectivity index (χ1) is 21.5. The van der Waals surface area contributed by atoms with Crippen LogP contribution in [-0.4, -0.2) is 55.4 Å². The quantitative estimate of drug-likeness (QED) is 0.237. The molecule has 1 amide bonds. The summed E-state index contributed by atoms with van der Waals surface area (Å²) < 4.78 is 62.0. The number of nitrogens with zero attached hydrogens (tertiary/aromatic N) is 4. The van der Waals surface area contributed by atoms with Crippen LogP contribution in [0.15, 0.2) is 53.2 Å². The van der Waals surface area contributed by atoms with Crippen LogP contribution in [0.2, 0.25) is 5.02 Å². The predicted molar refractivity (Wildman–Crippen MR) is 164 cm³/mol. The first-order valence-electron chi connectivity index (χ1n) is 14.5. The van der Waals surface area contributed by atoms with E-state index in [0.29, 0.717) is 22.3 Å². The van der Waals surface area contributed by atoms with Crippen LogP contribution in [-0.2, 0) is 10.0 Å². The van der Waals surface area contributed by atoms with Gasteiger partial charge in [0.15, 0.2) is 0 Å². The third kappa shape index (κ3) is 5.86. The van der Waals surface area contributed by atoms with Crippen molar-refractivity contribution in [1.82, 2.24) is 19.8 Å². The van der Waals surface area contributed by atoms with E-state index in [0.717, 1.165) is 74.5 Å². The molecule has 1 saturated carbocycles. The Balaban J connectivity index is 1.12. The van der Waals surface area contributed by atoms with Gasteiger partial charge >= 0.3 is 6.61 Å². The Morgan fingerprint density at radius 2 is 1.93 bits per heavy atom. The number of rotatable bonds is 8. The topological polar surface area (TPSA) is 128 Å². The standard InChI is InChI=1S/C31H28ClF2N5O5S/c1-45(41,42)38-29(40)23-14-24(43-30(33)34)20-13-19(6-7-22(20)36-23)39-11-8-31(9-12-39)15-18(16-31)25-27(26-21(32)3-2-10-35-26)37-44-28(25)17-4-5-17/h2-3,6-7,10,13-15,17,30H,4-5,8-9,11-12,16H2,1H3,(H,38,40). The van der Waals surface area contributed by atoms with E-state index in [-0.39, 0.29) is 27.8 Å². The molecular weight excluding hydrogens is 628 g/mol. The average Bonchev–Trinajstić information content (AvgIpc) is 3.73. The SMILES string of the molecule is CS(=O)(=O)NC(=O)c1cc(OC(F)F)c2cc(N3CCC4(C=C(c5c(-c6ncccc6Cl)noc5C5CC5)C4)CC3)ccc2n1. The van der Waals surface area contributed by atoms with Gasteiger partial charge < -0.3 is 14.2 Å². The number of anilines is 1. The monoisotopic (exact) mass is 655 g/mol. The predicted octanol–water partition coefficient (Wildman–Crippen LogP) is 6.18.